The quantitative estimate of drug-likeness (QED) is 0.793. The third-order valence-corrected chi connectivity index (χ3v) is 2.66. The minimum Gasteiger partial charge on any atom is -0.490 e. The van der Waals surface area contributed by atoms with Gasteiger partial charge >= 0.3 is 0 Å². The number of hydrogen-bond acceptors (Lipinski definition) is 3. The minimum atomic E-state index is 0.172. The molecule has 3 heteroatoms. The molecule has 2 N–H and O–H groups in total. The number of nitrogens with two attached hydrogens (primary N) is 1. The number of rotatable bonds is 7. The summed E-state index contributed by atoms with van der Waals surface area (Å²) in [7, 11) is 0. The first-order chi connectivity index (χ1) is 8.22. The van der Waals surface area contributed by atoms with Gasteiger partial charge in [0, 0.05) is 6.04 Å². The molecule has 0 fully saturated rings. The molecule has 0 aliphatic rings. The van der Waals surface area contributed by atoms with E-state index in [1.807, 2.05) is 26.0 Å². The number of benzene rings is 1. The average Bonchev–Trinajstić information content (AvgIpc) is 2.33. The van der Waals surface area contributed by atoms with E-state index in [0.717, 1.165) is 29.9 Å². The molecule has 0 heterocycles. The number of hydrogen-bond donors (Lipinski definition) is 1. The van der Waals surface area contributed by atoms with Crippen molar-refractivity contribution in [2.45, 2.75) is 39.7 Å². The standard InChI is InChI=1S/C14H23NO2/c1-4-12(15)10-11-8-7-9-13(16-5-2)14(11)17-6-3/h7-9,12H,4-6,10,15H2,1-3H3/t12-/m1/s1. The molecule has 0 saturated heterocycles. The summed E-state index contributed by atoms with van der Waals surface area (Å²) < 4.78 is 11.3. The zero-order valence-corrected chi connectivity index (χ0v) is 11.0. The van der Waals surface area contributed by atoms with Gasteiger partial charge in [0.05, 0.1) is 13.2 Å². The van der Waals surface area contributed by atoms with Crippen LogP contribution in [0.5, 0.6) is 11.5 Å². The summed E-state index contributed by atoms with van der Waals surface area (Å²) in [6.07, 6.45) is 1.79. The molecule has 0 saturated carbocycles. The van der Waals surface area contributed by atoms with E-state index in [4.69, 9.17) is 15.2 Å². The molecule has 0 amide bonds. The van der Waals surface area contributed by atoms with Crippen LogP contribution in [0.15, 0.2) is 18.2 Å². The van der Waals surface area contributed by atoms with Gasteiger partial charge in [-0.1, -0.05) is 19.1 Å². The second-order valence-corrected chi connectivity index (χ2v) is 3.98. The monoisotopic (exact) mass is 237 g/mol. The predicted molar refractivity (Wildman–Crippen MR) is 70.8 cm³/mol. The van der Waals surface area contributed by atoms with Crippen molar-refractivity contribution in [1.29, 1.82) is 0 Å². The third-order valence-electron chi connectivity index (χ3n) is 2.66. The lowest BCUT2D eigenvalue weighted by Gasteiger charge is -2.17. The van der Waals surface area contributed by atoms with Gasteiger partial charge in [-0.05, 0) is 38.3 Å². The lowest BCUT2D eigenvalue weighted by molar-refractivity contribution is 0.285. The van der Waals surface area contributed by atoms with E-state index in [1.165, 1.54) is 0 Å². The van der Waals surface area contributed by atoms with Crippen LogP contribution in [0.1, 0.15) is 32.8 Å². The number of ether oxygens (including phenoxy) is 2. The lowest BCUT2D eigenvalue weighted by atomic mass is 10.0. The largest absolute Gasteiger partial charge is 0.490 e. The average molecular weight is 237 g/mol. The van der Waals surface area contributed by atoms with Crippen molar-refractivity contribution in [2.24, 2.45) is 5.73 Å². The van der Waals surface area contributed by atoms with Crippen LogP contribution in [0.3, 0.4) is 0 Å². The highest BCUT2D eigenvalue weighted by atomic mass is 16.5. The van der Waals surface area contributed by atoms with Crippen molar-refractivity contribution >= 4 is 0 Å². The summed E-state index contributed by atoms with van der Waals surface area (Å²) in [5.74, 6) is 1.66. The molecule has 0 spiro atoms. The Bertz CT molecular complexity index is 339. The van der Waals surface area contributed by atoms with Crippen molar-refractivity contribution in [3.63, 3.8) is 0 Å². The summed E-state index contributed by atoms with van der Waals surface area (Å²) >= 11 is 0. The van der Waals surface area contributed by atoms with Crippen LogP contribution in [0.25, 0.3) is 0 Å². The Morgan fingerprint density at radius 3 is 2.41 bits per heavy atom. The van der Waals surface area contributed by atoms with Crippen LogP contribution in [-0.2, 0) is 6.42 Å². The van der Waals surface area contributed by atoms with Gasteiger partial charge in [-0.25, -0.2) is 0 Å². The van der Waals surface area contributed by atoms with E-state index >= 15 is 0 Å². The van der Waals surface area contributed by atoms with E-state index in [-0.39, 0.29) is 6.04 Å². The molecule has 0 unspecified atom stereocenters. The molecule has 3 nitrogen and oxygen atoms in total. The molecule has 0 aliphatic carbocycles. The van der Waals surface area contributed by atoms with E-state index < -0.39 is 0 Å². The van der Waals surface area contributed by atoms with Crippen molar-refractivity contribution in [3.05, 3.63) is 23.8 Å². The highest BCUT2D eigenvalue weighted by Crippen LogP contribution is 2.32. The van der Waals surface area contributed by atoms with Crippen LogP contribution in [0, 0.1) is 0 Å². The fourth-order valence-electron chi connectivity index (χ4n) is 1.73. The van der Waals surface area contributed by atoms with Crippen LogP contribution in [0.2, 0.25) is 0 Å². The fourth-order valence-corrected chi connectivity index (χ4v) is 1.73. The smallest absolute Gasteiger partial charge is 0.164 e. The molecule has 0 aliphatic heterocycles. The molecule has 0 bridgehead atoms. The van der Waals surface area contributed by atoms with Gasteiger partial charge in [-0.15, -0.1) is 0 Å². The zero-order valence-electron chi connectivity index (χ0n) is 11.0. The Morgan fingerprint density at radius 1 is 1.12 bits per heavy atom. The molecule has 1 aromatic rings. The second-order valence-electron chi connectivity index (χ2n) is 3.98. The van der Waals surface area contributed by atoms with Crippen molar-refractivity contribution in [3.8, 4) is 11.5 Å². The SMILES string of the molecule is CCOc1cccc(C[C@H](N)CC)c1OCC. The van der Waals surface area contributed by atoms with Crippen LogP contribution in [-0.4, -0.2) is 19.3 Å². The van der Waals surface area contributed by atoms with Gasteiger partial charge < -0.3 is 15.2 Å². The molecule has 17 heavy (non-hydrogen) atoms. The first kappa shape index (κ1) is 13.8. The summed E-state index contributed by atoms with van der Waals surface area (Å²) in [5.41, 5.74) is 7.13. The summed E-state index contributed by atoms with van der Waals surface area (Å²) in [6, 6.07) is 6.16. The van der Waals surface area contributed by atoms with E-state index in [9.17, 15) is 0 Å². The fraction of sp³-hybridized carbons (Fsp3) is 0.571. The Hall–Kier alpha value is -1.22. The van der Waals surface area contributed by atoms with E-state index in [0.29, 0.717) is 13.2 Å². The van der Waals surface area contributed by atoms with E-state index in [1.54, 1.807) is 0 Å². The highest BCUT2D eigenvalue weighted by Gasteiger charge is 2.12. The van der Waals surface area contributed by atoms with Crippen molar-refractivity contribution in [2.75, 3.05) is 13.2 Å². The molecular formula is C14H23NO2. The summed E-state index contributed by atoms with van der Waals surface area (Å²) in [4.78, 5) is 0. The highest BCUT2D eigenvalue weighted by molar-refractivity contribution is 5.47. The molecule has 1 aromatic carbocycles. The maximum absolute atomic E-state index is 6.00. The molecule has 0 radical (unpaired) electrons. The van der Waals surface area contributed by atoms with Gasteiger partial charge in [-0.2, -0.15) is 0 Å². The van der Waals surface area contributed by atoms with Gasteiger partial charge in [0.2, 0.25) is 0 Å². The first-order valence-electron chi connectivity index (χ1n) is 6.35. The summed E-state index contributed by atoms with van der Waals surface area (Å²) in [5, 5.41) is 0. The first-order valence-corrected chi connectivity index (χ1v) is 6.35. The van der Waals surface area contributed by atoms with Crippen LogP contribution in [0.4, 0.5) is 0 Å². The van der Waals surface area contributed by atoms with Gasteiger partial charge in [0.25, 0.3) is 0 Å². The Kier molecular flexibility index (Phi) is 5.84. The molecule has 1 atom stereocenters. The Morgan fingerprint density at radius 2 is 1.82 bits per heavy atom. The maximum atomic E-state index is 6.00. The molecule has 1 rings (SSSR count). The topological polar surface area (TPSA) is 44.5 Å². The number of para-hydroxylation sites is 1. The molecule has 96 valence electrons. The van der Waals surface area contributed by atoms with Crippen molar-refractivity contribution in [1.82, 2.24) is 0 Å². The third kappa shape index (κ3) is 3.93. The Balaban J connectivity index is 2.96. The van der Waals surface area contributed by atoms with Crippen LogP contribution >= 0.6 is 0 Å². The van der Waals surface area contributed by atoms with Gasteiger partial charge in [0.1, 0.15) is 0 Å². The molecule has 0 aromatic heterocycles. The van der Waals surface area contributed by atoms with Crippen LogP contribution < -0.4 is 15.2 Å². The Labute approximate surface area is 104 Å². The molecular weight excluding hydrogens is 214 g/mol. The van der Waals surface area contributed by atoms with Gasteiger partial charge in [0.15, 0.2) is 11.5 Å². The zero-order chi connectivity index (χ0) is 12.7. The summed E-state index contributed by atoms with van der Waals surface area (Å²) in [6.45, 7) is 7.33. The lowest BCUT2D eigenvalue weighted by Crippen LogP contribution is -2.21. The second kappa shape index (κ2) is 7.17. The maximum Gasteiger partial charge on any atom is 0.164 e. The normalized spacial score (nSPS) is 12.2. The van der Waals surface area contributed by atoms with Gasteiger partial charge in [-0.3, -0.25) is 0 Å². The van der Waals surface area contributed by atoms with E-state index in [2.05, 4.69) is 13.0 Å². The van der Waals surface area contributed by atoms with Crippen molar-refractivity contribution < 1.29 is 9.47 Å². The minimum absolute atomic E-state index is 0.172. The predicted octanol–water partition coefficient (Wildman–Crippen LogP) is 2.76.